The summed E-state index contributed by atoms with van der Waals surface area (Å²) in [6.07, 6.45) is -0.581. The number of benzene rings is 1. The Balaban J connectivity index is 2.57. The maximum Gasteiger partial charge on any atom is 0.224 e. The molecule has 1 amide bonds. The van der Waals surface area contributed by atoms with Gasteiger partial charge in [-0.15, -0.1) is 0 Å². The van der Waals surface area contributed by atoms with Crippen LogP contribution in [0.25, 0.3) is 0 Å². The van der Waals surface area contributed by atoms with Crippen molar-refractivity contribution in [3.05, 3.63) is 29.6 Å². The predicted molar refractivity (Wildman–Crippen MR) is 67.5 cm³/mol. The highest BCUT2D eigenvalue weighted by Gasteiger charge is 2.13. The van der Waals surface area contributed by atoms with E-state index in [1.165, 1.54) is 27.4 Å². The average molecular weight is 271 g/mol. The highest BCUT2D eigenvalue weighted by molar-refractivity contribution is 5.78. The zero-order chi connectivity index (χ0) is 14.3. The van der Waals surface area contributed by atoms with Crippen LogP contribution in [0.3, 0.4) is 0 Å². The summed E-state index contributed by atoms with van der Waals surface area (Å²) in [7, 11) is 4.33. The number of hydrogen-bond donors (Lipinski definition) is 1. The summed E-state index contributed by atoms with van der Waals surface area (Å²) in [5.41, 5.74) is 0.281. The number of methoxy groups -OCH3 is 3. The van der Waals surface area contributed by atoms with Gasteiger partial charge in [-0.05, 0) is 6.07 Å². The molecule has 0 radical (unpaired) electrons. The van der Waals surface area contributed by atoms with Crippen molar-refractivity contribution >= 4 is 5.91 Å². The van der Waals surface area contributed by atoms with Gasteiger partial charge in [-0.1, -0.05) is 12.1 Å². The predicted octanol–water partition coefficient (Wildman–Crippen LogP) is 1.11. The summed E-state index contributed by atoms with van der Waals surface area (Å²) in [4.78, 5) is 11.7. The Morgan fingerprint density at radius 3 is 2.58 bits per heavy atom. The lowest BCUT2D eigenvalue weighted by Crippen LogP contribution is -2.35. The molecule has 0 aliphatic heterocycles. The normalized spacial score (nSPS) is 10.6. The van der Waals surface area contributed by atoms with E-state index in [1.54, 1.807) is 12.1 Å². The molecule has 6 heteroatoms. The maximum atomic E-state index is 13.8. The Bertz CT molecular complexity index is 421. The molecule has 0 heterocycles. The highest BCUT2D eigenvalue weighted by atomic mass is 19.1. The monoisotopic (exact) mass is 271 g/mol. The van der Waals surface area contributed by atoms with E-state index >= 15 is 0 Å². The Hall–Kier alpha value is -1.66. The smallest absolute Gasteiger partial charge is 0.224 e. The lowest BCUT2D eigenvalue weighted by molar-refractivity contribution is -0.126. The summed E-state index contributed by atoms with van der Waals surface area (Å²) in [5.74, 6) is -0.710. The summed E-state index contributed by atoms with van der Waals surface area (Å²) < 4.78 is 28.5. The zero-order valence-corrected chi connectivity index (χ0v) is 11.2. The summed E-state index contributed by atoms with van der Waals surface area (Å²) in [6.45, 7) is 0.206. The van der Waals surface area contributed by atoms with Crippen molar-refractivity contribution in [3.63, 3.8) is 0 Å². The molecule has 0 spiro atoms. The number of hydrogen-bond acceptors (Lipinski definition) is 4. The van der Waals surface area contributed by atoms with Gasteiger partial charge in [0.05, 0.1) is 20.1 Å². The first kappa shape index (κ1) is 15.4. The van der Waals surface area contributed by atoms with E-state index in [1.807, 2.05) is 0 Å². The largest absolute Gasteiger partial charge is 0.494 e. The fourth-order valence-corrected chi connectivity index (χ4v) is 1.55. The average Bonchev–Trinajstić information content (AvgIpc) is 2.42. The molecule has 19 heavy (non-hydrogen) atoms. The van der Waals surface area contributed by atoms with Gasteiger partial charge in [-0.3, -0.25) is 4.79 Å². The van der Waals surface area contributed by atoms with Crippen molar-refractivity contribution in [3.8, 4) is 5.75 Å². The van der Waals surface area contributed by atoms with Gasteiger partial charge in [0.1, 0.15) is 0 Å². The minimum atomic E-state index is -0.518. The molecule has 0 saturated carbocycles. The molecule has 5 nitrogen and oxygen atoms in total. The van der Waals surface area contributed by atoms with Gasteiger partial charge in [-0.2, -0.15) is 0 Å². The molecule has 0 fully saturated rings. The van der Waals surface area contributed by atoms with Crippen LogP contribution in [0.4, 0.5) is 4.39 Å². The van der Waals surface area contributed by atoms with E-state index in [2.05, 4.69) is 5.32 Å². The maximum absolute atomic E-state index is 13.8. The highest BCUT2D eigenvalue weighted by Crippen LogP contribution is 2.20. The van der Waals surface area contributed by atoms with Crippen molar-refractivity contribution in [2.75, 3.05) is 27.9 Å². The molecule has 0 aliphatic carbocycles. The van der Waals surface area contributed by atoms with Gasteiger partial charge in [0.2, 0.25) is 5.91 Å². The van der Waals surface area contributed by atoms with E-state index in [9.17, 15) is 9.18 Å². The summed E-state index contributed by atoms with van der Waals surface area (Å²) in [5, 5.41) is 2.60. The second-order valence-corrected chi connectivity index (χ2v) is 3.82. The first-order chi connectivity index (χ1) is 9.12. The Labute approximate surface area is 111 Å². The van der Waals surface area contributed by atoms with Crippen LogP contribution in [0, 0.1) is 5.82 Å². The van der Waals surface area contributed by atoms with Crippen molar-refractivity contribution < 1.29 is 23.4 Å². The third-order valence-electron chi connectivity index (χ3n) is 2.61. The molecule has 1 aromatic carbocycles. The molecule has 1 aromatic rings. The number of nitrogens with one attached hydrogen (secondary N) is 1. The van der Waals surface area contributed by atoms with Gasteiger partial charge in [0, 0.05) is 19.8 Å². The van der Waals surface area contributed by atoms with Gasteiger partial charge in [-0.25, -0.2) is 4.39 Å². The van der Waals surface area contributed by atoms with Crippen LogP contribution in [0.15, 0.2) is 18.2 Å². The van der Waals surface area contributed by atoms with Gasteiger partial charge in [0.25, 0.3) is 0 Å². The van der Waals surface area contributed by atoms with Crippen molar-refractivity contribution in [2.24, 2.45) is 0 Å². The molecular formula is C13H18FNO4. The van der Waals surface area contributed by atoms with Crippen LogP contribution in [-0.2, 0) is 20.7 Å². The number of rotatable bonds is 7. The molecule has 1 N–H and O–H groups in total. The summed E-state index contributed by atoms with van der Waals surface area (Å²) in [6, 6.07) is 4.68. The van der Waals surface area contributed by atoms with E-state index in [0.29, 0.717) is 0 Å². The Morgan fingerprint density at radius 1 is 1.32 bits per heavy atom. The summed E-state index contributed by atoms with van der Waals surface area (Å²) >= 11 is 0. The molecule has 0 unspecified atom stereocenters. The quantitative estimate of drug-likeness (QED) is 0.755. The fraction of sp³-hybridized carbons (Fsp3) is 0.462. The first-order valence-electron chi connectivity index (χ1n) is 5.76. The Kier molecular flexibility index (Phi) is 6.24. The molecule has 0 aliphatic rings. The fourth-order valence-electron chi connectivity index (χ4n) is 1.55. The number of carbonyl (C=O) groups excluding carboxylic acids is 1. The molecule has 1 rings (SSSR count). The molecular weight excluding hydrogens is 253 g/mol. The van der Waals surface area contributed by atoms with Gasteiger partial charge < -0.3 is 19.5 Å². The Morgan fingerprint density at radius 2 is 2.00 bits per heavy atom. The van der Waals surface area contributed by atoms with Gasteiger partial charge in [0.15, 0.2) is 17.9 Å². The number of carbonyl (C=O) groups is 1. The van der Waals surface area contributed by atoms with Crippen LogP contribution >= 0.6 is 0 Å². The van der Waals surface area contributed by atoms with Crippen molar-refractivity contribution in [2.45, 2.75) is 12.7 Å². The van der Waals surface area contributed by atoms with E-state index in [0.717, 1.165) is 0 Å². The van der Waals surface area contributed by atoms with Crippen LogP contribution < -0.4 is 10.1 Å². The second-order valence-electron chi connectivity index (χ2n) is 3.82. The second kappa shape index (κ2) is 7.70. The minimum absolute atomic E-state index is 0.0663. The van der Waals surface area contributed by atoms with Crippen LogP contribution in [0.1, 0.15) is 5.56 Å². The topological polar surface area (TPSA) is 56.8 Å². The van der Waals surface area contributed by atoms with E-state index in [-0.39, 0.29) is 30.2 Å². The zero-order valence-electron chi connectivity index (χ0n) is 11.2. The molecule has 0 atom stereocenters. The standard InChI is InChI=1S/C13H18FNO4/c1-17-10-6-4-5-9(13(10)14)7-11(16)15-8-12(18-2)19-3/h4-6,12H,7-8H2,1-3H3,(H,15,16). The minimum Gasteiger partial charge on any atom is -0.494 e. The molecule has 0 saturated heterocycles. The lowest BCUT2D eigenvalue weighted by atomic mass is 10.1. The van der Waals surface area contributed by atoms with E-state index < -0.39 is 12.1 Å². The SMILES string of the molecule is COc1cccc(CC(=O)NCC(OC)OC)c1F. The van der Waals surface area contributed by atoms with Crippen molar-refractivity contribution in [1.82, 2.24) is 5.32 Å². The van der Waals surface area contributed by atoms with E-state index in [4.69, 9.17) is 14.2 Å². The molecule has 0 aromatic heterocycles. The van der Waals surface area contributed by atoms with Gasteiger partial charge >= 0.3 is 0 Å². The number of halogens is 1. The third kappa shape index (κ3) is 4.50. The number of amides is 1. The van der Waals surface area contributed by atoms with Crippen LogP contribution in [0.5, 0.6) is 5.75 Å². The first-order valence-corrected chi connectivity index (χ1v) is 5.76. The van der Waals surface area contributed by atoms with Crippen LogP contribution in [-0.4, -0.2) is 40.1 Å². The van der Waals surface area contributed by atoms with Crippen LogP contribution in [0.2, 0.25) is 0 Å². The molecule has 106 valence electrons. The molecule has 0 bridgehead atoms. The number of ether oxygens (including phenoxy) is 3. The third-order valence-corrected chi connectivity index (χ3v) is 2.61. The lowest BCUT2D eigenvalue weighted by Gasteiger charge is -2.14. The van der Waals surface area contributed by atoms with Crippen molar-refractivity contribution in [1.29, 1.82) is 0 Å².